The van der Waals surface area contributed by atoms with Gasteiger partial charge < -0.3 is 4.74 Å². The predicted molar refractivity (Wildman–Crippen MR) is 76.0 cm³/mol. The van der Waals surface area contributed by atoms with Crippen molar-refractivity contribution in [2.24, 2.45) is 0 Å². The summed E-state index contributed by atoms with van der Waals surface area (Å²) in [5.74, 6) is 0. The topological polar surface area (TPSA) is 55.4 Å². The van der Waals surface area contributed by atoms with E-state index in [4.69, 9.17) is 4.74 Å². The first-order valence-electron chi connectivity index (χ1n) is 5.55. The van der Waals surface area contributed by atoms with Crippen LogP contribution in [0.3, 0.4) is 0 Å². The minimum atomic E-state index is -3.51. The molecule has 0 unspecified atom stereocenters. The van der Waals surface area contributed by atoms with E-state index in [2.05, 4.69) is 36.6 Å². The lowest BCUT2D eigenvalue weighted by molar-refractivity contribution is 0.114. The van der Waals surface area contributed by atoms with E-state index < -0.39 is 10.0 Å². The van der Waals surface area contributed by atoms with Gasteiger partial charge in [-0.2, -0.15) is 0 Å². The Morgan fingerprint density at radius 2 is 2.17 bits per heavy atom. The smallest absolute Gasteiger partial charge is 0.241 e. The molecule has 1 saturated heterocycles. The van der Waals surface area contributed by atoms with Crippen molar-refractivity contribution in [1.82, 2.24) is 4.72 Å². The Morgan fingerprint density at radius 1 is 1.39 bits per heavy atom. The number of ether oxygens (including phenoxy) is 1. The van der Waals surface area contributed by atoms with Crippen molar-refractivity contribution >= 4 is 41.9 Å². The molecule has 1 aliphatic heterocycles. The third-order valence-corrected chi connectivity index (χ3v) is 5.62. The van der Waals surface area contributed by atoms with Crippen LogP contribution in [0.15, 0.2) is 32.0 Å². The van der Waals surface area contributed by atoms with Crippen molar-refractivity contribution in [3.05, 3.63) is 27.1 Å². The first-order valence-corrected chi connectivity index (χ1v) is 8.62. The van der Waals surface area contributed by atoms with Gasteiger partial charge in [0.2, 0.25) is 10.0 Å². The van der Waals surface area contributed by atoms with E-state index in [1.807, 2.05) is 0 Å². The Balaban J connectivity index is 2.12. The SMILES string of the molecule is O=S(=O)(NC[C@H]1CCCO1)c1cc(Br)ccc1Br. The number of hydrogen-bond donors (Lipinski definition) is 1. The number of rotatable bonds is 4. The summed E-state index contributed by atoms with van der Waals surface area (Å²) in [4.78, 5) is 0.231. The molecule has 7 heteroatoms. The number of halogens is 2. The van der Waals surface area contributed by atoms with Crippen LogP contribution in [-0.4, -0.2) is 27.7 Å². The third-order valence-electron chi connectivity index (χ3n) is 2.71. The maximum atomic E-state index is 12.1. The van der Waals surface area contributed by atoms with Gasteiger partial charge >= 0.3 is 0 Å². The molecule has 0 amide bonds. The van der Waals surface area contributed by atoms with Crippen LogP contribution in [0, 0.1) is 0 Å². The van der Waals surface area contributed by atoms with Crippen molar-refractivity contribution in [2.75, 3.05) is 13.2 Å². The molecule has 1 N–H and O–H groups in total. The Morgan fingerprint density at radius 3 is 2.83 bits per heavy atom. The standard InChI is InChI=1S/C11H13Br2NO3S/c12-8-3-4-10(13)11(6-8)18(15,16)14-7-9-2-1-5-17-9/h3-4,6,9,14H,1-2,5,7H2/t9-/m1/s1. The fourth-order valence-electron chi connectivity index (χ4n) is 1.77. The van der Waals surface area contributed by atoms with Crippen molar-refractivity contribution in [1.29, 1.82) is 0 Å². The molecule has 1 heterocycles. The fraction of sp³-hybridized carbons (Fsp3) is 0.455. The molecule has 1 fully saturated rings. The van der Waals surface area contributed by atoms with Gasteiger partial charge in [0.05, 0.1) is 11.0 Å². The third kappa shape index (κ3) is 3.54. The molecule has 0 bridgehead atoms. The molecule has 100 valence electrons. The summed E-state index contributed by atoms with van der Waals surface area (Å²) in [6.45, 7) is 1.04. The number of nitrogens with one attached hydrogen (secondary N) is 1. The molecule has 0 radical (unpaired) electrons. The van der Waals surface area contributed by atoms with Gasteiger partial charge in [-0.15, -0.1) is 0 Å². The van der Waals surface area contributed by atoms with Crippen LogP contribution in [0.1, 0.15) is 12.8 Å². The highest BCUT2D eigenvalue weighted by molar-refractivity contribution is 9.11. The largest absolute Gasteiger partial charge is 0.377 e. The lowest BCUT2D eigenvalue weighted by atomic mass is 10.2. The highest BCUT2D eigenvalue weighted by Gasteiger charge is 2.22. The fourth-order valence-corrected chi connectivity index (χ4v) is 4.34. The molecule has 0 aliphatic carbocycles. The van der Waals surface area contributed by atoms with E-state index in [0.717, 1.165) is 17.3 Å². The lowest BCUT2D eigenvalue weighted by Gasteiger charge is -2.12. The van der Waals surface area contributed by atoms with Crippen molar-refractivity contribution in [3.8, 4) is 0 Å². The van der Waals surface area contributed by atoms with Crippen molar-refractivity contribution in [2.45, 2.75) is 23.8 Å². The Kier molecular flexibility index (Phi) is 4.82. The minimum Gasteiger partial charge on any atom is -0.377 e. The van der Waals surface area contributed by atoms with Crippen LogP contribution in [0.25, 0.3) is 0 Å². The summed E-state index contributed by atoms with van der Waals surface area (Å²) in [5.41, 5.74) is 0. The van der Waals surface area contributed by atoms with E-state index in [1.165, 1.54) is 0 Å². The molecule has 0 aromatic heterocycles. The Hall–Kier alpha value is 0.0500. The molecule has 1 aromatic carbocycles. The van der Waals surface area contributed by atoms with Gasteiger partial charge in [0.1, 0.15) is 0 Å². The van der Waals surface area contributed by atoms with Crippen molar-refractivity contribution < 1.29 is 13.2 Å². The van der Waals surface area contributed by atoms with E-state index in [9.17, 15) is 8.42 Å². The van der Waals surface area contributed by atoms with Crippen LogP contribution in [0.2, 0.25) is 0 Å². The second-order valence-corrected chi connectivity index (χ2v) is 7.57. The van der Waals surface area contributed by atoms with E-state index in [0.29, 0.717) is 17.6 Å². The predicted octanol–water partition coefficient (Wildman–Crippen LogP) is 2.67. The average molecular weight is 399 g/mol. The van der Waals surface area contributed by atoms with E-state index in [1.54, 1.807) is 18.2 Å². The molecule has 1 atom stereocenters. The summed E-state index contributed by atoms with van der Waals surface area (Å²) in [7, 11) is -3.51. The summed E-state index contributed by atoms with van der Waals surface area (Å²) < 4.78 is 33.5. The maximum Gasteiger partial charge on any atom is 0.241 e. The normalized spacial score (nSPS) is 20.2. The van der Waals surface area contributed by atoms with Crippen molar-refractivity contribution in [3.63, 3.8) is 0 Å². The molecule has 0 saturated carbocycles. The molecular weight excluding hydrogens is 386 g/mol. The second kappa shape index (κ2) is 6.00. The van der Waals surface area contributed by atoms with Gasteiger partial charge in [-0.3, -0.25) is 0 Å². The van der Waals surface area contributed by atoms with Gasteiger partial charge in [-0.05, 0) is 47.0 Å². The number of hydrogen-bond acceptors (Lipinski definition) is 3. The summed E-state index contributed by atoms with van der Waals surface area (Å²) in [5, 5.41) is 0. The second-order valence-electron chi connectivity index (χ2n) is 4.06. The first-order chi connectivity index (χ1) is 8.49. The van der Waals surface area contributed by atoms with Gasteiger partial charge in [0.25, 0.3) is 0 Å². The number of sulfonamides is 1. The van der Waals surface area contributed by atoms with E-state index >= 15 is 0 Å². The highest BCUT2D eigenvalue weighted by atomic mass is 79.9. The molecule has 18 heavy (non-hydrogen) atoms. The number of benzene rings is 1. The Bertz CT molecular complexity index is 527. The zero-order chi connectivity index (χ0) is 13.2. The summed E-state index contributed by atoms with van der Waals surface area (Å²) in [6.07, 6.45) is 1.89. The highest BCUT2D eigenvalue weighted by Crippen LogP contribution is 2.25. The van der Waals surface area contributed by atoms with E-state index in [-0.39, 0.29) is 11.0 Å². The van der Waals surface area contributed by atoms with Crippen LogP contribution in [0.4, 0.5) is 0 Å². The Labute approximate surface area is 123 Å². The van der Waals surface area contributed by atoms with Gasteiger partial charge in [-0.1, -0.05) is 15.9 Å². The monoisotopic (exact) mass is 397 g/mol. The summed E-state index contributed by atoms with van der Waals surface area (Å²) >= 11 is 6.52. The molecule has 2 rings (SSSR count). The van der Waals surface area contributed by atoms with Crippen LogP contribution in [0.5, 0.6) is 0 Å². The molecule has 1 aliphatic rings. The zero-order valence-corrected chi connectivity index (χ0v) is 13.5. The van der Waals surface area contributed by atoms with Crippen LogP contribution < -0.4 is 4.72 Å². The zero-order valence-electron chi connectivity index (χ0n) is 9.53. The molecule has 1 aromatic rings. The quantitative estimate of drug-likeness (QED) is 0.848. The van der Waals surface area contributed by atoms with Gasteiger partial charge in [0, 0.05) is 22.1 Å². The minimum absolute atomic E-state index is 0.00861. The lowest BCUT2D eigenvalue weighted by Crippen LogP contribution is -2.32. The van der Waals surface area contributed by atoms with Crippen LogP contribution >= 0.6 is 31.9 Å². The van der Waals surface area contributed by atoms with Gasteiger partial charge in [0.15, 0.2) is 0 Å². The summed E-state index contributed by atoms with van der Waals surface area (Å²) in [6, 6.07) is 5.05. The maximum absolute atomic E-state index is 12.1. The molecule has 4 nitrogen and oxygen atoms in total. The van der Waals surface area contributed by atoms with Crippen LogP contribution in [-0.2, 0) is 14.8 Å². The van der Waals surface area contributed by atoms with Gasteiger partial charge in [-0.25, -0.2) is 13.1 Å². The molecular formula is C11H13Br2NO3S. The average Bonchev–Trinajstić information content (AvgIpc) is 2.83. The molecule has 0 spiro atoms. The first kappa shape index (κ1) is 14.5.